The third kappa shape index (κ3) is 3.44. The van der Waals surface area contributed by atoms with Crippen molar-refractivity contribution in [2.24, 2.45) is 5.10 Å². The number of aromatic hydroxyl groups is 1. The number of nitrogens with one attached hydrogen (secondary N) is 1. The van der Waals surface area contributed by atoms with Crippen LogP contribution in [0, 0.1) is 17.0 Å². The van der Waals surface area contributed by atoms with E-state index in [1.807, 2.05) is 0 Å². The van der Waals surface area contributed by atoms with Gasteiger partial charge in [-0.3, -0.25) is 14.9 Å². The average molecular weight is 289 g/mol. The third-order valence-electron chi connectivity index (χ3n) is 2.55. The van der Waals surface area contributed by atoms with Crippen molar-refractivity contribution in [1.82, 2.24) is 5.43 Å². The highest BCUT2D eigenvalue weighted by Gasteiger charge is 2.15. The predicted molar refractivity (Wildman–Crippen MR) is 73.3 cm³/mol. The standard InChI is InChI=1S/C13H11N3O5/c1-8-2-4-10(21-8)7-14-15-13(18)11-6-9(16(19)20)3-5-12(11)17/h2-7,17H,1H3,(H,15,18)/b14-7-. The highest BCUT2D eigenvalue weighted by atomic mass is 16.6. The van der Waals surface area contributed by atoms with Crippen LogP contribution in [0.5, 0.6) is 5.75 Å². The molecule has 1 aromatic carbocycles. The van der Waals surface area contributed by atoms with Crippen LogP contribution in [0.2, 0.25) is 0 Å². The number of hydrazone groups is 1. The Morgan fingerprint density at radius 3 is 2.81 bits per heavy atom. The minimum atomic E-state index is -0.768. The Kier molecular flexibility index (Phi) is 3.98. The van der Waals surface area contributed by atoms with Crippen LogP contribution in [-0.2, 0) is 0 Å². The van der Waals surface area contributed by atoms with Gasteiger partial charge in [0, 0.05) is 12.1 Å². The van der Waals surface area contributed by atoms with E-state index in [2.05, 4.69) is 10.5 Å². The lowest BCUT2D eigenvalue weighted by Crippen LogP contribution is -2.17. The molecule has 1 amide bonds. The normalized spacial score (nSPS) is 10.7. The maximum absolute atomic E-state index is 11.8. The van der Waals surface area contributed by atoms with Gasteiger partial charge in [0.2, 0.25) is 0 Å². The molecule has 2 N–H and O–H groups in total. The van der Waals surface area contributed by atoms with Crippen molar-refractivity contribution in [2.45, 2.75) is 6.92 Å². The van der Waals surface area contributed by atoms with Crippen LogP contribution in [0.1, 0.15) is 21.9 Å². The maximum atomic E-state index is 11.8. The summed E-state index contributed by atoms with van der Waals surface area (Å²) >= 11 is 0. The van der Waals surface area contributed by atoms with Crippen LogP contribution in [0.3, 0.4) is 0 Å². The summed E-state index contributed by atoms with van der Waals surface area (Å²) in [4.78, 5) is 21.8. The first-order valence-electron chi connectivity index (χ1n) is 5.84. The molecule has 0 bridgehead atoms. The number of nitro groups is 1. The summed E-state index contributed by atoms with van der Waals surface area (Å²) in [6, 6.07) is 6.54. The number of benzene rings is 1. The first-order valence-corrected chi connectivity index (χ1v) is 5.84. The lowest BCUT2D eigenvalue weighted by molar-refractivity contribution is -0.384. The van der Waals surface area contributed by atoms with Gasteiger partial charge in [0.1, 0.15) is 17.3 Å². The highest BCUT2D eigenvalue weighted by Crippen LogP contribution is 2.22. The second-order valence-electron chi connectivity index (χ2n) is 4.11. The van der Waals surface area contributed by atoms with Gasteiger partial charge in [0.25, 0.3) is 11.6 Å². The Balaban J connectivity index is 2.11. The summed E-state index contributed by atoms with van der Waals surface area (Å²) in [5, 5.41) is 23.8. The maximum Gasteiger partial charge on any atom is 0.275 e. The van der Waals surface area contributed by atoms with Crippen LogP contribution in [-0.4, -0.2) is 22.2 Å². The number of hydrogen-bond donors (Lipinski definition) is 2. The monoisotopic (exact) mass is 289 g/mol. The van der Waals surface area contributed by atoms with E-state index in [-0.39, 0.29) is 17.0 Å². The van der Waals surface area contributed by atoms with Gasteiger partial charge >= 0.3 is 0 Å². The number of phenolic OH excluding ortho intramolecular Hbond substituents is 1. The summed E-state index contributed by atoms with van der Waals surface area (Å²) in [6.07, 6.45) is 1.28. The smallest absolute Gasteiger partial charge is 0.275 e. The fourth-order valence-corrected chi connectivity index (χ4v) is 1.56. The number of phenols is 1. The van der Waals surface area contributed by atoms with Crippen LogP contribution < -0.4 is 5.43 Å². The molecule has 0 aliphatic rings. The molecule has 2 rings (SSSR count). The van der Waals surface area contributed by atoms with Gasteiger partial charge in [-0.25, -0.2) is 5.43 Å². The number of non-ortho nitro benzene ring substituents is 1. The number of hydrogen-bond acceptors (Lipinski definition) is 6. The summed E-state index contributed by atoms with van der Waals surface area (Å²) in [6.45, 7) is 1.76. The zero-order valence-electron chi connectivity index (χ0n) is 10.9. The molecule has 0 aliphatic heterocycles. The van der Waals surface area contributed by atoms with Crippen molar-refractivity contribution < 1.29 is 19.2 Å². The van der Waals surface area contributed by atoms with Crippen molar-refractivity contribution in [1.29, 1.82) is 0 Å². The Hall–Kier alpha value is -3.16. The molecule has 0 unspecified atom stereocenters. The zero-order valence-corrected chi connectivity index (χ0v) is 10.9. The molecular formula is C13H11N3O5. The number of nitro benzene ring substituents is 1. The molecule has 2 aromatic rings. The number of carbonyl (C=O) groups is 1. The van der Waals surface area contributed by atoms with Gasteiger partial charge in [0.05, 0.1) is 16.7 Å². The van der Waals surface area contributed by atoms with E-state index in [9.17, 15) is 20.0 Å². The number of aryl methyl sites for hydroxylation is 1. The van der Waals surface area contributed by atoms with Crippen molar-refractivity contribution in [3.63, 3.8) is 0 Å². The van der Waals surface area contributed by atoms with Crippen molar-refractivity contribution >= 4 is 17.8 Å². The molecule has 0 radical (unpaired) electrons. The molecule has 0 aliphatic carbocycles. The van der Waals surface area contributed by atoms with E-state index in [1.165, 1.54) is 6.21 Å². The highest BCUT2D eigenvalue weighted by molar-refractivity contribution is 5.97. The van der Waals surface area contributed by atoms with Crippen LogP contribution in [0.15, 0.2) is 39.9 Å². The van der Waals surface area contributed by atoms with Crippen LogP contribution in [0.25, 0.3) is 0 Å². The molecule has 0 fully saturated rings. The summed E-state index contributed by atoms with van der Waals surface area (Å²) in [7, 11) is 0. The van der Waals surface area contributed by atoms with E-state index in [0.29, 0.717) is 11.5 Å². The minimum absolute atomic E-state index is 0.239. The molecule has 0 atom stereocenters. The lowest BCUT2D eigenvalue weighted by atomic mass is 10.1. The molecule has 8 nitrogen and oxygen atoms in total. The topological polar surface area (TPSA) is 118 Å². The Labute approximate surface area is 118 Å². The lowest BCUT2D eigenvalue weighted by Gasteiger charge is -2.02. The molecule has 1 heterocycles. The molecule has 108 valence electrons. The Morgan fingerprint density at radius 1 is 1.43 bits per heavy atom. The van der Waals surface area contributed by atoms with Gasteiger partial charge in [-0.05, 0) is 25.1 Å². The molecule has 0 saturated heterocycles. The number of rotatable bonds is 4. The van der Waals surface area contributed by atoms with Gasteiger partial charge in [-0.2, -0.15) is 5.10 Å². The molecule has 0 spiro atoms. The van der Waals surface area contributed by atoms with Gasteiger partial charge < -0.3 is 9.52 Å². The van der Waals surface area contributed by atoms with E-state index in [4.69, 9.17) is 4.42 Å². The van der Waals surface area contributed by atoms with Crippen molar-refractivity contribution in [2.75, 3.05) is 0 Å². The van der Waals surface area contributed by atoms with E-state index < -0.39 is 10.8 Å². The number of nitrogens with zero attached hydrogens (tertiary/aromatic N) is 2. The van der Waals surface area contributed by atoms with Gasteiger partial charge in [0.15, 0.2) is 0 Å². The number of carbonyl (C=O) groups excluding carboxylic acids is 1. The second-order valence-corrected chi connectivity index (χ2v) is 4.11. The van der Waals surface area contributed by atoms with Crippen molar-refractivity contribution in [3.8, 4) is 5.75 Å². The van der Waals surface area contributed by atoms with Crippen LogP contribution >= 0.6 is 0 Å². The Morgan fingerprint density at radius 2 is 2.19 bits per heavy atom. The Bertz CT molecular complexity index is 720. The molecule has 21 heavy (non-hydrogen) atoms. The fraction of sp³-hybridized carbons (Fsp3) is 0.0769. The molecule has 1 aromatic heterocycles. The van der Waals surface area contributed by atoms with E-state index in [0.717, 1.165) is 18.2 Å². The quantitative estimate of drug-likeness (QED) is 0.506. The molecule has 0 saturated carbocycles. The first-order chi connectivity index (χ1) is 9.97. The summed E-state index contributed by atoms with van der Waals surface area (Å²) in [5.74, 6) is -0.00644. The third-order valence-corrected chi connectivity index (χ3v) is 2.55. The fourth-order valence-electron chi connectivity index (χ4n) is 1.56. The molecule has 8 heteroatoms. The first kappa shape index (κ1) is 14.3. The molecular weight excluding hydrogens is 278 g/mol. The van der Waals surface area contributed by atoms with E-state index in [1.54, 1.807) is 19.1 Å². The van der Waals surface area contributed by atoms with Gasteiger partial charge in [-0.15, -0.1) is 0 Å². The summed E-state index contributed by atoms with van der Waals surface area (Å²) < 4.78 is 5.21. The minimum Gasteiger partial charge on any atom is -0.507 e. The number of amides is 1. The number of furan rings is 1. The zero-order chi connectivity index (χ0) is 15.4. The SMILES string of the molecule is Cc1ccc(/C=N\NC(=O)c2cc([N+](=O)[O-])ccc2O)o1. The summed E-state index contributed by atoms with van der Waals surface area (Å²) in [5.41, 5.74) is 1.61. The van der Waals surface area contributed by atoms with Gasteiger partial charge in [-0.1, -0.05) is 0 Å². The second kappa shape index (κ2) is 5.87. The predicted octanol–water partition coefficient (Wildman–Crippen LogP) is 1.97. The van der Waals surface area contributed by atoms with Crippen molar-refractivity contribution in [3.05, 3.63) is 57.5 Å². The van der Waals surface area contributed by atoms with Crippen LogP contribution in [0.4, 0.5) is 5.69 Å². The average Bonchev–Trinajstić information content (AvgIpc) is 2.84. The largest absolute Gasteiger partial charge is 0.507 e. The van der Waals surface area contributed by atoms with E-state index >= 15 is 0 Å².